The standard InChI is InChI=1S/C26H20FN5O3.Li.H/c27-20-9-8-17(14-31-23-7-2-1-6-22(23)29-26(31)28)13-19(20)21-10-11-24(33)32(30-21)15-16-4-3-5-18(12-16)25(34)35;;/h1-13H,14-15H2,(H2,28,29)(H,34,35);;/q;+1;-1. The van der Waals surface area contributed by atoms with Crippen LogP contribution in [-0.2, 0) is 13.1 Å². The minimum absolute atomic E-state index is 0. The molecule has 0 atom stereocenters. The van der Waals surface area contributed by atoms with Crippen molar-refractivity contribution in [1.82, 2.24) is 19.3 Å². The van der Waals surface area contributed by atoms with Gasteiger partial charge in [0.2, 0.25) is 5.95 Å². The fraction of sp³-hybridized carbons (Fsp3) is 0.0769. The number of aromatic nitrogens is 4. The fourth-order valence-electron chi connectivity index (χ4n) is 3.99. The molecule has 0 bridgehead atoms. The zero-order chi connectivity index (χ0) is 24.5. The maximum absolute atomic E-state index is 14.8. The Morgan fingerprint density at radius 1 is 0.972 bits per heavy atom. The SMILES string of the molecule is Nc1nc2ccccc2n1Cc1ccc(F)c(-c2ccc(=O)n(Cc3cccc(C(=O)O)c3)n2)c1.[H-].[Li+]. The number of hydrogen-bond acceptors (Lipinski definition) is 5. The van der Waals surface area contributed by atoms with Gasteiger partial charge in [0, 0.05) is 11.6 Å². The van der Waals surface area contributed by atoms with E-state index in [1.165, 1.54) is 35.0 Å². The molecule has 3 aromatic carbocycles. The molecule has 0 saturated heterocycles. The van der Waals surface area contributed by atoms with Gasteiger partial charge in [0.05, 0.1) is 35.4 Å². The van der Waals surface area contributed by atoms with E-state index in [-0.39, 0.29) is 49.2 Å². The molecule has 0 aliphatic heterocycles. The summed E-state index contributed by atoms with van der Waals surface area (Å²) in [4.78, 5) is 28.0. The van der Waals surface area contributed by atoms with Crippen molar-refractivity contribution in [3.63, 3.8) is 0 Å². The van der Waals surface area contributed by atoms with Gasteiger partial charge in [0.1, 0.15) is 5.82 Å². The van der Waals surface area contributed by atoms with Gasteiger partial charge in [-0.25, -0.2) is 18.9 Å². The van der Waals surface area contributed by atoms with Crippen LogP contribution in [0.25, 0.3) is 22.3 Å². The minimum atomic E-state index is -1.06. The Hall–Kier alpha value is -4.19. The molecule has 0 amide bonds. The quantitative estimate of drug-likeness (QED) is 0.351. The van der Waals surface area contributed by atoms with E-state index >= 15 is 0 Å². The topological polar surface area (TPSA) is 116 Å². The van der Waals surface area contributed by atoms with Crippen LogP contribution in [0.15, 0.2) is 83.7 Å². The predicted molar refractivity (Wildman–Crippen MR) is 131 cm³/mol. The van der Waals surface area contributed by atoms with Gasteiger partial charge >= 0.3 is 24.8 Å². The van der Waals surface area contributed by atoms with E-state index in [0.717, 1.165) is 16.6 Å². The van der Waals surface area contributed by atoms with E-state index in [0.29, 0.717) is 18.1 Å². The number of rotatable bonds is 6. The Morgan fingerprint density at radius 3 is 2.56 bits per heavy atom. The van der Waals surface area contributed by atoms with Crippen molar-refractivity contribution in [2.45, 2.75) is 13.1 Å². The Labute approximate surface area is 218 Å². The van der Waals surface area contributed by atoms with E-state index in [2.05, 4.69) is 10.1 Å². The number of carboxylic acid groups (broad SMARTS) is 1. The maximum Gasteiger partial charge on any atom is 1.00 e. The molecule has 0 spiro atoms. The van der Waals surface area contributed by atoms with Gasteiger partial charge in [-0.05, 0) is 53.6 Å². The molecule has 2 aromatic heterocycles. The minimum Gasteiger partial charge on any atom is -1.00 e. The molecule has 0 aliphatic carbocycles. The van der Waals surface area contributed by atoms with E-state index in [1.54, 1.807) is 24.3 Å². The molecule has 8 nitrogen and oxygen atoms in total. The molecule has 0 aliphatic rings. The van der Waals surface area contributed by atoms with Crippen LogP contribution in [0.3, 0.4) is 0 Å². The fourth-order valence-corrected chi connectivity index (χ4v) is 3.99. The van der Waals surface area contributed by atoms with Crippen molar-refractivity contribution in [1.29, 1.82) is 0 Å². The van der Waals surface area contributed by atoms with Gasteiger partial charge < -0.3 is 16.8 Å². The molecular weight excluding hydrogens is 456 g/mol. The second-order valence-electron chi connectivity index (χ2n) is 8.08. The first-order valence-corrected chi connectivity index (χ1v) is 10.8. The third kappa shape index (κ3) is 4.93. The molecule has 176 valence electrons. The number of halogens is 1. The smallest absolute Gasteiger partial charge is 1.00 e. The van der Waals surface area contributed by atoms with Gasteiger partial charge in [0.25, 0.3) is 5.56 Å². The largest absolute Gasteiger partial charge is 1.00 e. The number of aromatic carboxylic acids is 1. The number of benzene rings is 3. The maximum atomic E-state index is 14.8. The van der Waals surface area contributed by atoms with Gasteiger partial charge in [-0.3, -0.25) is 4.79 Å². The third-order valence-corrected chi connectivity index (χ3v) is 5.70. The molecule has 10 heteroatoms. The summed E-state index contributed by atoms with van der Waals surface area (Å²) in [6.07, 6.45) is 0. The van der Waals surface area contributed by atoms with Gasteiger partial charge in [0.15, 0.2) is 0 Å². The van der Waals surface area contributed by atoms with Crippen molar-refractivity contribution < 1.29 is 34.6 Å². The molecule has 5 rings (SSSR count). The summed E-state index contributed by atoms with van der Waals surface area (Å²) >= 11 is 0. The van der Waals surface area contributed by atoms with Crippen molar-refractivity contribution in [3.8, 4) is 11.3 Å². The van der Waals surface area contributed by atoms with Gasteiger partial charge in [-0.15, -0.1) is 0 Å². The Kier molecular flexibility index (Phi) is 7.06. The van der Waals surface area contributed by atoms with E-state index in [1.807, 2.05) is 28.8 Å². The molecule has 36 heavy (non-hydrogen) atoms. The van der Waals surface area contributed by atoms with E-state index < -0.39 is 11.8 Å². The number of nitrogens with two attached hydrogens (primary N) is 1. The third-order valence-electron chi connectivity index (χ3n) is 5.70. The summed E-state index contributed by atoms with van der Waals surface area (Å²) < 4.78 is 17.9. The zero-order valence-corrected chi connectivity index (χ0v) is 19.4. The molecule has 0 fully saturated rings. The van der Waals surface area contributed by atoms with E-state index in [4.69, 9.17) is 5.73 Å². The summed E-state index contributed by atoms with van der Waals surface area (Å²) in [6, 6.07) is 21.3. The molecule has 0 saturated carbocycles. The number of nitrogens with zero attached hydrogens (tertiary/aromatic N) is 4. The molecule has 3 N–H and O–H groups in total. The summed E-state index contributed by atoms with van der Waals surface area (Å²) in [5, 5.41) is 13.6. The number of para-hydroxylation sites is 2. The number of imidazole rings is 1. The van der Waals surface area contributed by atoms with Crippen LogP contribution in [0.2, 0.25) is 0 Å². The number of carbonyl (C=O) groups is 1. The average molecular weight is 477 g/mol. The Balaban J connectivity index is 0.00000190. The number of hydrogen-bond donors (Lipinski definition) is 2. The summed E-state index contributed by atoms with van der Waals surface area (Å²) in [6.45, 7) is 0.425. The number of carboxylic acids is 1. The van der Waals surface area contributed by atoms with E-state index in [9.17, 15) is 19.1 Å². The monoisotopic (exact) mass is 477 g/mol. The van der Waals surface area contributed by atoms with Crippen LogP contribution >= 0.6 is 0 Å². The van der Waals surface area contributed by atoms with Crippen LogP contribution in [0.4, 0.5) is 10.3 Å². The number of anilines is 1. The zero-order valence-electron chi connectivity index (χ0n) is 20.4. The predicted octanol–water partition coefficient (Wildman–Crippen LogP) is 0.893. The van der Waals surface area contributed by atoms with Crippen molar-refractivity contribution >= 4 is 23.0 Å². The van der Waals surface area contributed by atoms with Crippen LogP contribution in [-0.4, -0.2) is 30.4 Å². The second kappa shape index (κ2) is 10.2. The van der Waals surface area contributed by atoms with Gasteiger partial charge in [-0.2, -0.15) is 5.10 Å². The van der Waals surface area contributed by atoms with Crippen LogP contribution < -0.4 is 30.2 Å². The Morgan fingerprint density at radius 2 is 1.75 bits per heavy atom. The van der Waals surface area contributed by atoms with Crippen LogP contribution in [0, 0.1) is 5.82 Å². The molecule has 0 radical (unpaired) electrons. The van der Waals surface area contributed by atoms with Crippen LogP contribution in [0.1, 0.15) is 22.9 Å². The molecule has 0 unspecified atom stereocenters. The van der Waals surface area contributed by atoms with Gasteiger partial charge in [-0.1, -0.05) is 30.3 Å². The average Bonchev–Trinajstić information content (AvgIpc) is 3.17. The van der Waals surface area contributed by atoms with Crippen LogP contribution in [0.5, 0.6) is 0 Å². The normalized spacial score (nSPS) is 10.8. The molecule has 5 aromatic rings. The summed E-state index contributed by atoms with van der Waals surface area (Å²) in [5.74, 6) is -1.19. The molecule has 2 heterocycles. The number of fused-ring (bicyclic) bond motifs is 1. The summed E-state index contributed by atoms with van der Waals surface area (Å²) in [5.41, 5.74) is 9.36. The summed E-state index contributed by atoms with van der Waals surface area (Å²) in [7, 11) is 0. The first kappa shape index (κ1) is 24.9. The van der Waals surface area contributed by atoms with Crippen molar-refractivity contribution in [2.24, 2.45) is 0 Å². The first-order chi connectivity index (χ1) is 16.9. The number of nitrogen functional groups attached to an aromatic ring is 1. The van der Waals surface area contributed by atoms with Crippen molar-refractivity contribution in [2.75, 3.05) is 5.73 Å². The Bertz CT molecular complexity index is 1650. The second-order valence-corrected chi connectivity index (χ2v) is 8.08. The molecular formula is C26H21FLiN5O3. The van der Waals surface area contributed by atoms with Crippen molar-refractivity contribution in [3.05, 3.63) is 112 Å². The first-order valence-electron chi connectivity index (χ1n) is 10.8.